The molecule has 2 aliphatic rings. The summed E-state index contributed by atoms with van der Waals surface area (Å²) >= 11 is 0. The second-order valence-corrected chi connectivity index (χ2v) is 10.4. The largest absolute Gasteiger partial charge is 0.573 e. The van der Waals surface area contributed by atoms with Crippen LogP contribution in [0.15, 0.2) is 24.5 Å². The molecule has 2 aromatic rings. The fourth-order valence-electron chi connectivity index (χ4n) is 5.55. The number of anilines is 1. The highest BCUT2D eigenvalue weighted by atomic mass is 19.4. The van der Waals surface area contributed by atoms with Crippen molar-refractivity contribution in [2.45, 2.75) is 77.0 Å². The third-order valence-electron chi connectivity index (χ3n) is 7.81. The topological polar surface area (TPSA) is 108 Å². The summed E-state index contributed by atoms with van der Waals surface area (Å²) in [6.07, 6.45) is -1.40. The lowest BCUT2D eigenvalue weighted by Crippen LogP contribution is -2.58. The average molecular weight is 524 g/mol. The molecule has 202 valence electrons. The van der Waals surface area contributed by atoms with Gasteiger partial charge in [-0.2, -0.15) is 0 Å². The Labute approximate surface area is 213 Å². The molecule has 1 aliphatic heterocycles. The molecule has 2 fully saturated rings. The minimum Gasteiger partial charge on any atom is -0.481 e. The van der Waals surface area contributed by atoms with Crippen LogP contribution in [0.2, 0.25) is 0 Å². The number of hydrogen-bond donors (Lipinski definition) is 2. The zero-order chi connectivity index (χ0) is 27.1. The number of likely N-dealkylation sites (tertiary alicyclic amines) is 1. The molecule has 0 spiro atoms. The number of nitrogens with zero attached hydrogens (tertiary/aromatic N) is 4. The lowest BCUT2D eigenvalue weighted by Gasteiger charge is -2.48. The number of ether oxygens (including phenoxy) is 1. The minimum absolute atomic E-state index is 0.101. The average Bonchev–Trinajstić information content (AvgIpc) is 3.17. The van der Waals surface area contributed by atoms with E-state index in [1.807, 2.05) is 7.05 Å². The number of carbonyl (C=O) groups is 2. The van der Waals surface area contributed by atoms with Gasteiger partial charge in [0.1, 0.15) is 23.9 Å². The van der Waals surface area contributed by atoms with Crippen LogP contribution in [0.1, 0.15) is 46.5 Å². The molecule has 4 atom stereocenters. The molecule has 1 aromatic heterocycles. The van der Waals surface area contributed by atoms with Crippen LogP contribution in [-0.4, -0.2) is 80.9 Å². The highest BCUT2D eigenvalue weighted by Crippen LogP contribution is 2.43. The zero-order valence-corrected chi connectivity index (χ0v) is 21.2. The normalized spacial score (nSPS) is 26.8. The number of aliphatic carboxylic acids is 1. The lowest BCUT2D eigenvalue weighted by molar-refractivity contribution is -0.274. The highest BCUT2D eigenvalue weighted by molar-refractivity contribution is 5.94. The maximum atomic E-state index is 13.5. The van der Waals surface area contributed by atoms with E-state index in [1.54, 1.807) is 11.8 Å². The number of carboxylic acid groups (broad SMARTS) is 1. The molecular weight excluding hydrogens is 491 g/mol. The summed E-state index contributed by atoms with van der Waals surface area (Å²) < 4.78 is 42.1. The molecule has 4 rings (SSSR count). The quantitative estimate of drug-likeness (QED) is 0.563. The van der Waals surface area contributed by atoms with Crippen molar-refractivity contribution in [3.8, 4) is 5.75 Å². The van der Waals surface area contributed by atoms with Crippen LogP contribution in [0.3, 0.4) is 0 Å². The van der Waals surface area contributed by atoms with Crippen LogP contribution in [-0.2, 0) is 9.59 Å². The van der Waals surface area contributed by atoms with Gasteiger partial charge in [0.2, 0.25) is 5.91 Å². The van der Waals surface area contributed by atoms with Gasteiger partial charge < -0.3 is 25.0 Å². The van der Waals surface area contributed by atoms with Crippen LogP contribution >= 0.6 is 0 Å². The monoisotopic (exact) mass is 523 g/mol. The third kappa shape index (κ3) is 5.43. The van der Waals surface area contributed by atoms with Crippen molar-refractivity contribution < 1.29 is 32.6 Å². The number of carboxylic acids is 1. The van der Waals surface area contributed by atoms with Gasteiger partial charge in [0.15, 0.2) is 0 Å². The molecule has 12 heteroatoms. The Hall–Kier alpha value is -3.15. The maximum absolute atomic E-state index is 13.5. The van der Waals surface area contributed by atoms with Crippen molar-refractivity contribution in [1.29, 1.82) is 0 Å². The second-order valence-electron chi connectivity index (χ2n) is 10.4. The first-order chi connectivity index (χ1) is 17.3. The van der Waals surface area contributed by atoms with Crippen molar-refractivity contribution in [3.05, 3.63) is 24.5 Å². The highest BCUT2D eigenvalue weighted by Gasteiger charge is 2.52. The summed E-state index contributed by atoms with van der Waals surface area (Å²) in [5.74, 6) is -1.39. The lowest BCUT2D eigenvalue weighted by atomic mass is 9.68. The minimum atomic E-state index is -4.85. The Morgan fingerprint density at radius 2 is 2.00 bits per heavy atom. The van der Waals surface area contributed by atoms with Crippen molar-refractivity contribution in [2.75, 3.05) is 18.9 Å². The first-order valence-electron chi connectivity index (χ1n) is 12.3. The van der Waals surface area contributed by atoms with Crippen molar-refractivity contribution in [2.24, 2.45) is 5.41 Å². The van der Waals surface area contributed by atoms with Crippen LogP contribution in [0.4, 0.5) is 19.0 Å². The summed E-state index contributed by atoms with van der Waals surface area (Å²) in [5.41, 5.74) is -0.720. The number of carbonyl (C=O) groups excluding carboxylic acids is 1. The van der Waals surface area contributed by atoms with Crippen molar-refractivity contribution in [3.63, 3.8) is 0 Å². The molecule has 1 saturated heterocycles. The molecule has 3 unspecified atom stereocenters. The van der Waals surface area contributed by atoms with Gasteiger partial charge in [-0.1, -0.05) is 0 Å². The molecule has 0 bridgehead atoms. The van der Waals surface area contributed by atoms with E-state index in [2.05, 4.69) is 38.8 Å². The Morgan fingerprint density at radius 1 is 1.27 bits per heavy atom. The smallest absolute Gasteiger partial charge is 0.481 e. The molecular formula is C25H32F3N5O4. The van der Waals surface area contributed by atoms with Gasteiger partial charge in [-0.15, -0.1) is 13.2 Å². The van der Waals surface area contributed by atoms with Crippen LogP contribution in [0, 0.1) is 5.41 Å². The van der Waals surface area contributed by atoms with Crippen LogP contribution in [0.25, 0.3) is 10.9 Å². The van der Waals surface area contributed by atoms with Crippen LogP contribution < -0.4 is 10.1 Å². The number of rotatable bonds is 7. The first kappa shape index (κ1) is 26.9. The Kier molecular flexibility index (Phi) is 7.24. The van der Waals surface area contributed by atoms with Crippen molar-refractivity contribution in [1.82, 2.24) is 19.8 Å². The summed E-state index contributed by atoms with van der Waals surface area (Å²) in [7, 11) is 2.00. The number of fused-ring (bicyclic) bond motifs is 1. The molecule has 0 radical (unpaired) electrons. The number of hydrogen-bond acceptors (Lipinski definition) is 7. The third-order valence-corrected chi connectivity index (χ3v) is 7.81. The molecule has 1 amide bonds. The molecule has 37 heavy (non-hydrogen) atoms. The second kappa shape index (κ2) is 9.96. The van der Waals surface area contributed by atoms with E-state index in [-0.39, 0.29) is 29.2 Å². The summed E-state index contributed by atoms with van der Waals surface area (Å²) in [4.78, 5) is 38.0. The number of amides is 1. The fraction of sp³-hybridized carbons (Fsp3) is 0.600. The van der Waals surface area contributed by atoms with E-state index in [4.69, 9.17) is 0 Å². The van der Waals surface area contributed by atoms with E-state index >= 15 is 0 Å². The van der Waals surface area contributed by atoms with Gasteiger partial charge in [-0.3, -0.25) is 9.59 Å². The van der Waals surface area contributed by atoms with E-state index in [0.29, 0.717) is 31.3 Å². The summed E-state index contributed by atoms with van der Waals surface area (Å²) in [5, 5.41) is 13.5. The van der Waals surface area contributed by atoms with Gasteiger partial charge in [-0.05, 0) is 71.7 Å². The Balaban J connectivity index is 1.54. The van der Waals surface area contributed by atoms with Gasteiger partial charge in [0, 0.05) is 30.1 Å². The molecule has 1 saturated carbocycles. The number of benzene rings is 1. The number of alkyl halides is 3. The molecule has 2 heterocycles. The molecule has 1 aliphatic carbocycles. The molecule has 1 aromatic carbocycles. The van der Waals surface area contributed by atoms with E-state index in [9.17, 15) is 27.9 Å². The SMILES string of the molecule is CC(C)N(C)C1CCC(N2CC[C@H](Nc3ncnc4ccc(OC(F)(F)F)cc34)C2=O)C(C)(C(=O)O)C1. The number of aromatic nitrogens is 2. The summed E-state index contributed by atoms with van der Waals surface area (Å²) in [6.45, 7) is 6.23. The molecule has 9 nitrogen and oxygen atoms in total. The standard InChI is InChI=1S/C25H32F3N5O4/c1-14(2)32(4)15-5-8-20(24(3,12-15)23(35)36)33-10-9-19(22(33)34)31-21-17-11-16(37-25(26,27)28)6-7-18(17)29-13-30-21/h6-7,11,13-15,19-20H,5,8-10,12H2,1-4H3,(H,35,36)(H,29,30,31)/t15?,19-,20?,24?/m0/s1. The van der Waals surface area contributed by atoms with E-state index in [0.717, 1.165) is 12.5 Å². The maximum Gasteiger partial charge on any atom is 0.573 e. The van der Waals surface area contributed by atoms with Gasteiger partial charge in [0.05, 0.1) is 10.9 Å². The molecule has 2 N–H and O–H groups in total. The zero-order valence-electron chi connectivity index (χ0n) is 21.2. The fourth-order valence-corrected chi connectivity index (χ4v) is 5.55. The van der Waals surface area contributed by atoms with E-state index < -0.39 is 35.6 Å². The van der Waals surface area contributed by atoms with Crippen molar-refractivity contribution >= 4 is 28.6 Å². The van der Waals surface area contributed by atoms with E-state index in [1.165, 1.54) is 18.5 Å². The predicted octanol–water partition coefficient (Wildman–Crippen LogP) is 3.89. The van der Waals surface area contributed by atoms with Gasteiger partial charge in [0.25, 0.3) is 0 Å². The van der Waals surface area contributed by atoms with Gasteiger partial charge >= 0.3 is 12.3 Å². The van der Waals surface area contributed by atoms with Gasteiger partial charge in [-0.25, -0.2) is 9.97 Å². The number of nitrogens with one attached hydrogen (secondary N) is 1. The predicted molar refractivity (Wildman–Crippen MR) is 130 cm³/mol. The number of halogens is 3. The Morgan fingerprint density at radius 3 is 2.65 bits per heavy atom. The van der Waals surface area contributed by atoms with Crippen LogP contribution in [0.5, 0.6) is 5.75 Å². The first-order valence-corrected chi connectivity index (χ1v) is 12.3. The Bertz CT molecular complexity index is 1180. The summed E-state index contributed by atoms with van der Waals surface area (Å²) in [6, 6.07) is 2.94.